The third-order valence-electron chi connectivity index (χ3n) is 14.6. The van der Waals surface area contributed by atoms with Crippen molar-refractivity contribution in [2.75, 3.05) is 41.3 Å². The molecule has 0 aliphatic carbocycles. The van der Waals surface area contributed by atoms with Crippen LogP contribution in [0.3, 0.4) is 0 Å². The molecule has 3 aliphatic heterocycles. The van der Waals surface area contributed by atoms with Crippen LogP contribution >= 0.6 is 0 Å². The first-order valence-corrected chi connectivity index (χ1v) is 26.9. The molecule has 0 amide bonds. The number of methoxy groups -OCH3 is 1. The average molecular weight is 1080 g/mol. The number of nitrogens with zero attached hydrogens (tertiary/aromatic N) is 3. The molecule has 4 heterocycles. The Morgan fingerprint density at radius 2 is 1.62 bits per heavy atom. The van der Waals surface area contributed by atoms with E-state index in [1.165, 1.54) is 20.2 Å². The maximum absolute atomic E-state index is 14.3. The topological polar surface area (TPSA) is 245 Å². The number of benzene rings is 1. The Bertz CT molecular complexity index is 2270. The van der Waals surface area contributed by atoms with Crippen LogP contribution in [0.4, 0.5) is 0 Å². The summed E-state index contributed by atoms with van der Waals surface area (Å²) < 4.78 is 56.1. The number of carbonyl (C=O) groups is 6. The molecule has 20 nitrogen and oxygen atoms in total. The van der Waals surface area contributed by atoms with Crippen LogP contribution in [0.1, 0.15) is 128 Å². The SMILES string of the molecule is CCC(=O)O[C@@H]1CC(=O)O[C@@H](C/C=C/c2cncc(C(=O)c3ccccc3)c2)CCCN(C)C[C@H](O)[C@H](C)C[C@H](CC=O)[C@H](O[C@@H]2OC(C)[C@H](O[C@H]3CC(C)(OC(C)=O)[C@@H](OC(=O)CC)C(C)O3)C(N(C)C)C2O)[C@H]1OC. The molecule has 2 N–H and O–H groups in total. The lowest BCUT2D eigenvalue weighted by Crippen LogP contribution is -2.66. The van der Waals surface area contributed by atoms with Crippen LogP contribution in [-0.2, 0) is 66.6 Å². The number of ketones is 1. The van der Waals surface area contributed by atoms with E-state index in [4.69, 9.17) is 42.6 Å². The van der Waals surface area contributed by atoms with Gasteiger partial charge in [-0.25, -0.2) is 0 Å². The number of likely N-dealkylation sites (N-methyl/N-ethyl adjacent to an activating group) is 2. The first-order chi connectivity index (χ1) is 36.6. The normalized spacial score (nSPS) is 33.2. The molecular formula is C57H83N3O17. The predicted octanol–water partition coefficient (Wildman–Crippen LogP) is 5.26. The minimum absolute atomic E-state index is 0.0363. The Balaban J connectivity index is 1.45. The summed E-state index contributed by atoms with van der Waals surface area (Å²) in [6.45, 7) is 12.3. The Hall–Kier alpha value is -5.03. The van der Waals surface area contributed by atoms with Crippen LogP contribution in [-0.4, -0.2) is 188 Å². The first kappa shape index (κ1) is 62.8. The average Bonchev–Trinajstić information content (AvgIpc) is 3.39. The smallest absolute Gasteiger partial charge is 0.309 e. The summed E-state index contributed by atoms with van der Waals surface area (Å²) in [7, 11) is 6.74. The molecule has 0 bridgehead atoms. The van der Waals surface area contributed by atoms with Gasteiger partial charge in [-0.15, -0.1) is 0 Å². The molecule has 1 aromatic carbocycles. The molecule has 16 atom stereocenters. The molecular weight excluding hydrogens is 999 g/mol. The number of hydrogen-bond acceptors (Lipinski definition) is 20. The molecule has 2 aromatic rings. The van der Waals surface area contributed by atoms with Gasteiger partial charge in [0, 0.05) is 76.2 Å². The zero-order valence-corrected chi connectivity index (χ0v) is 46.6. The van der Waals surface area contributed by atoms with Crippen LogP contribution in [0, 0.1) is 11.8 Å². The van der Waals surface area contributed by atoms with Gasteiger partial charge >= 0.3 is 23.9 Å². The molecule has 428 valence electrons. The van der Waals surface area contributed by atoms with Crippen molar-refractivity contribution in [3.8, 4) is 0 Å². The van der Waals surface area contributed by atoms with E-state index in [1.54, 1.807) is 96.2 Å². The maximum atomic E-state index is 14.3. The first-order valence-electron chi connectivity index (χ1n) is 26.9. The van der Waals surface area contributed by atoms with Crippen LogP contribution < -0.4 is 0 Å². The number of hydrogen-bond donors (Lipinski definition) is 2. The summed E-state index contributed by atoms with van der Waals surface area (Å²) in [5, 5.41) is 24.1. The van der Waals surface area contributed by atoms with Gasteiger partial charge < -0.3 is 67.4 Å². The number of aromatic nitrogens is 1. The van der Waals surface area contributed by atoms with Crippen LogP contribution in [0.2, 0.25) is 0 Å². The van der Waals surface area contributed by atoms with Gasteiger partial charge in [0.25, 0.3) is 0 Å². The molecule has 0 radical (unpaired) electrons. The number of pyridine rings is 1. The minimum Gasteiger partial charge on any atom is -0.462 e. The molecule has 77 heavy (non-hydrogen) atoms. The maximum Gasteiger partial charge on any atom is 0.309 e. The van der Waals surface area contributed by atoms with E-state index in [-0.39, 0.29) is 50.9 Å². The van der Waals surface area contributed by atoms with Gasteiger partial charge in [0.15, 0.2) is 30.1 Å². The Labute approximate surface area is 453 Å². The fraction of sp³-hybridized carbons (Fsp3) is 0.667. The molecule has 20 heteroatoms. The standard InChI is InChI=1S/C57H83N3O17/c1-12-45(64)73-44-29-47(66)72-42(22-17-19-38-28-41(32-58-31-38)50(67)39-20-15-14-16-21-39)23-18-25-60(10)33-43(63)34(3)27-40(24-26-61)53(54(44)69-11)76-56-51(68)49(59(8)9)52(35(4)71-56)75-48-30-57(7,77-37(6)62)55(36(5)70-48)74-46(65)13-2/h14-17,19-21,26,28,31-32,34-36,40,42-44,48-49,51-56,63,68H,12-13,18,22-25,27,29-30,33H2,1-11H3/b19-17+/t34-,35?,36?,40+,42+,43+,44-,48+,49?,51?,52+,53+,54+,55+,56+,57?/m1/s1. The lowest BCUT2D eigenvalue weighted by molar-refractivity contribution is -0.344. The Kier molecular flexibility index (Phi) is 24.3. The van der Waals surface area contributed by atoms with Crippen LogP contribution in [0.15, 0.2) is 54.9 Å². The van der Waals surface area contributed by atoms with E-state index in [0.717, 1.165) is 6.29 Å². The molecule has 5 rings (SSSR count). The van der Waals surface area contributed by atoms with Gasteiger partial charge in [-0.3, -0.25) is 29.0 Å². The largest absolute Gasteiger partial charge is 0.462 e. The van der Waals surface area contributed by atoms with E-state index >= 15 is 0 Å². The second-order valence-corrected chi connectivity index (χ2v) is 21.1. The molecule has 5 unspecified atom stereocenters. The van der Waals surface area contributed by atoms with Crippen molar-refractivity contribution in [1.29, 1.82) is 0 Å². The van der Waals surface area contributed by atoms with Gasteiger partial charge in [0.2, 0.25) is 0 Å². The molecule has 3 fully saturated rings. The van der Waals surface area contributed by atoms with Gasteiger partial charge in [-0.05, 0) is 91.2 Å². The number of cyclic esters (lactones) is 1. The minimum atomic E-state index is -1.46. The fourth-order valence-corrected chi connectivity index (χ4v) is 10.6. The van der Waals surface area contributed by atoms with E-state index in [0.29, 0.717) is 36.1 Å². The predicted molar refractivity (Wildman–Crippen MR) is 281 cm³/mol. The number of aldehydes is 1. The summed E-state index contributed by atoms with van der Waals surface area (Å²) in [5.41, 5.74) is 0.276. The second-order valence-electron chi connectivity index (χ2n) is 21.1. The summed E-state index contributed by atoms with van der Waals surface area (Å²) in [5.74, 6) is -3.77. The van der Waals surface area contributed by atoms with E-state index in [2.05, 4.69) is 4.98 Å². The quantitative estimate of drug-likeness (QED) is 0.0837. The molecule has 0 saturated carbocycles. The van der Waals surface area contributed by atoms with Crippen molar-refractivity contribution in [2.24, 2.45) is 11.8 Å². The van der Waals surface area contributed by atoms with Crippen molar-refractivity contribution in [2.45, 2.75) is 192 Å². The van der Waals surface area contributed by atoms with E-state index in [1.807, 2.05) is 31.0 Å². The summed E-state index contributed by atoms with van der Waals surface area (Å²) in [4.78, 5) is 86.3. The molecule has 3 saturated heterocycles. The second kappa shape index (κ2) is 29.8. The summed E-state index contributed by atoms with van der Waals surface area (Å²) in [6, 6.07) is 9.79. The molecule has 0 spiro atoms. The Morgan fingerprint density at radius 3 is 2.27 bits per heavy atom. The molecule has 1 aromatic heterocycles. The number of aliphatic hydroxyl groups is 2. The van der Waals surface area contributed by atoms with Gasteiger partial charge in [-0.2, -0.15) is 0 Å². The zero-order chi connectivity index (χ0) is 56.6. The fourth-order valence-electron chi connectivity index (χ4n) is 10.6. The highest BCUT2D eigenvalue weighted by Crippen LogP contribution is 2.39. The number of rotatable bonds is 18. The zero-order valence-electron chi connectivity index (χ0n) is 46.6. The highest BCUT2D eigenvalue weighted by atomic mass is 16.7. The number of β-amino-alcohol motifs (C(OH)–C–C–N with tert-alkyl or cyclic N) is 1. The summed E-state index contributed by atoms with van der Waals surface area (Å²) >= 11 is 0. The Morgan fingerprint density at radius 1 is 0.922 bits per heavy atom. The van der Waals surface area contributed by atoms with Crippen molar-refractivity contribution in [3.63, 3.8) is 0 Å². The summed E-state index contributed by atoms with van der Waals surface area (Å²) in [6.07, 6.45) is -4.23. The van der Waals surface area contributed by atoms with Gasteiger partial charge in [-0.1, -0.05) is 63.3 Å². The van der Waals surface area contributed by atoms with Crippen molar-refractivity contribution in [3.05, 3.63) is 71.6 Å². The number of carbonyl (C=O) groups excluding carboxylic acids is 6. The number of aliphatic hydroxyl groups excluding tert-OH is 2. The van der Waals surface area contributed by atoms with Crippen molar-refractivity contribution >= 4 is 42.0 Å². The third kappa shape index (κ3) is 17.7. The van der Waals surface area contributed by atoms with Crippen LogP contribution in [0.5, 0.6) is 0 Å². The molecule has 3 aliphatic rings. The third-order valence-corrected chi connectivity index (χ3v) is 14.6. The van der Waals surface area contributed by atoms with E-state index in [9.17, 15) is 39.0 Å². The lowest BCUT2D eigenvalue weighted by Gasteiger charge is -2.50. The van der Waals surface area contributed by atoms with Gasteiger partial charge in [0.1, 0.15) is 36.8 Å². The van der Waals surface area contributed by atoms with E-state index < -0.39 is 127 Å². The van der Waals surface area contributed by atoms with Crippen LogP contribution in [0.25, 0.3) is 6.08 Å². The van der Waals surface area contributed by atoms with Crippen molar-refractivity contribution in [1.82, 2.24) is 14.8 Å². The van der Waals surface area contributed by atoms with Crippen molar-refractivity contribution < 1.29 is 81.6 Å². The van der Waals surface area contributed by atoms with Gasteiger partial charge in [0.05, 0.1) is 36.9 Å². The number of ether oxygens (including phenoxy) is 9. The highest BCUT2D eigenvalue weighted by Gasteiger charge is 2.54. The lowest BCUT2D eigenvalue weighted by atomic mass is 9.82. The highest BCUT2D eigenvalue weighted by molar-refractivity contribution is 6.09. The monoisotopic (exact) mass is 1080 g/mol. The number of esters is 4.